The largest absolute Gasteiger partial charge is 1.00 e. The fourth-order valence-electron chi connectivity index (χ4n) is 15.7. The van der Waals surface area contributed by atoms with E-state index in [2.05, 4.69) is 79.4 Å². The summed E-state index contributed by atoms with van der Waals surface area (Å²) in [6, 6.07) is 45.2. The predicted molar refractivity (Wildman–Crippen MR) is 511 cm³/mol. The molecule has 36 heteroatoms. The van der Waals surface area contributed by atoms with Gasteiger partial charge >= 0.3 is 35.2 Å². The van der Waals surface area contributed by atoms with E-state index in [4.69, 9.17) is 59.2 Å². The Labute approximate surface area is 803 Å². The first kappa shape index (κ1) is 105. The van der Waals surface area contributed by atoms with Gasteiger partial charge in [0.1, 0.15) is 140 Å². The van der Waals surface area contributed by atoms with Crippen LogP contribution in [0.4, 0.5) is 44.6 Å². The second-order valence-electron chi connectivity index (χ2n) is 33.5. The first-order chi connectivity index (χ1) is 63.3. The molecule has 0 spiro atoms. The van der Waals surface area contributed by atoms with Crippen molar-refractivity contribution in [2.75, 3.05) is 90.8 Å². The molecule has 3 atom stereocenters. The summed E-state index contributed by atoms with van der Waals surface area (Å²) in [6.45, 7) is 20.3. The van der Waals surface area contributed by atoms with Crippen molar-refractivity contribution in [3.05, 3.63) is 229 Å². The number of ether oxygens (including phenoxy) is 5. The molecule has 0 radical (unpaired) electrons. The maximum atomic E-state index is 13.6. The van der Waals surface area contributed by atoms with Gasteiger partial charge in [0.2, 0.25) is 5.91 Å². The van der Waals surface area contributed by atoms with Crippen LogP contribution in [0.3, 0.4) is 0 Å². The van der Waals surface area contributed by atoms with Crippen LogP contribution in [0.5, 0.6) is 34.5 Å². The Morgan fingerprint density at radius 1 is 0.504 bits per heavy atom. The molecule has 30 nitrogen and oxygen atoms in total. The number of alkyl halides is 1. The number of hydrogen-bond acceptors (Lipinski definition) is 23. The fourth-order valence-corrected chi connectivity index (χ4v) is 16.6. The first-order valence-corrected chi connectivity index (χ1v) is 42.9. The second-order valence-corrected chi connectivity index (χ2v) is 34.3. The molecule has 5 fully saturated rings. The van der Waals surface area contributed by atoms with Gasteiger partial charge in [-0.1, -0.05) is 89.0 Å². The van der Waals surface area contributed by atoms with Crippen LogP contribution < -0.4 is 31.4 Å². The Balaban J connectivity index is 0.000000228. The van der Waals surface area contributed by atoms with E-state index in [1.165, 1.54) is 87.1 Å². The summed E-state index contributed by atoms with van der Waals surface area (Å²) in [5.74, 6) is 1.63. The maximum Gasteiger partial charge on any atom is 1.00 e. The van der Waals surface area contributed by atoms with Crippen molar-refractivity contribution in [1.29, 1.82) is 15.8 Å². The Morgan fingerprint density at radius 2 is 0.815 bits per heavy atom. The van der Waals surface area contributed by atoms with E-state index in [-0.39, 0.29) is 92.7 Å². The first-order valence-electron chi connectivity index (χ1n) is 42.8. The maximum absolute atomic E-state index is 13.6. The van der Waals surface area contributed by atoms with Gasteiger partial charge < -0.3 is 86.2 Å². The van der Waals surface area contributed by atoms with Crippen molar-refractivity contribution in [3.8, 4) is 80.0 Å². The summed E-state index contributed by atoms with van der Waals surface area (Å²) >= 11 is 3.79. The Bertz CT molecular complexity index is 6310. The van der Waals surface area contributed by atoms with E-state index in [0.29, 0.717) is 155 Å². The Kier molecular flexibility index (Phi) is 36.9. The monoisotopic (exact) mass is 1960 g/mol. The third-order valence-corrected chi connectivity index (χ3v) is 22.7. The number of aromatic nitrogens is 9. The molecule has 17 rings (SSSR count). The minimum absolute atomic E-state index is 0. The number of hydrogen-bond donors (Lipinski definition) is 4. The molecule has 3 aliphatic heterocycles. The number of nitrogens with zero attached hydrogens (tertiary/aromatic N) is 17. The number of nitrogens with two attached hydrogens (primary N) is 3. The van der Waals surface area contributed by atoms with Gasteiger partial charge in [-0.3, -0.25) is 19.0 Å². The van der Waals surface area contributed by atoms with E-state index in [1.807, 2.05) is 117 Å². The van der Waals surface area contributed by atoms with E-state index >= 15 is 0 Å². The van der Waals surface area contributed by atoms with Crippen molar-refractivity contribution in [3.63, 3.8) is 0 Å². The van der Waals surface area contributed by atoms with Crippen LogP contribution in [0, 0.1) is 51.9 Å². The number of fused-ring (bicyclic) bond motifs is 3. The molecule has 714 valence electrons. The van der Waals surface area contributed by atoms with Crippen LogP contribution in [-0.2, 0) is 36.1 Å². The summed E-state index contributed by atoms with van der Waals surface area (Å²) < 4.78 is 91.2. The number of carbonyl (C=O) groups excluding carboxylic acids is 3. The average Bonchev–Trinajstić information content (AvgIpc) is 1.58. The van der Waals surface area contributed by atoms with Crippen LogP contribution in [-0.4, -0.2) is 194 Å². The zero-order chi connectivity index (χ0) is 94.8. The minimum Gasteiger partial charge on any atom is -0.512 e. The zero-order valence-corrected chi connectivity index (χ0v) is 76.3. The molecule has 6 aromatic heterocycles. The van der Waals surface area contributed by atoms with Gasteiger partial charge in [-0.2, -0.15) is 10.5 Å². The summed E-state index contributed by atoms with van der Waals surface area (Å²) in [7, 11) is 3.10. The molecule has 7 N–H and O–H groups in total. The molecule has 0 unspecified atom stereocenters. The molecule has 9 heterocycles. The van der Waals surface area contributed by atoms with Crippen molar-refractivity contribution < 1.29 is 84.0 Å². The molecule has 5 aliphatic rings. The SMILES string of the molecule is C.C.C.CC(C)(C)OC(=O)N1CC[C@@H](n2c(Br)c(-c3ccc(Oc4cccc(F)c4)cc3)c3c(N)ncnc32)C1.CC(C)(C)OC(=O)N1CC[C@@H](n2c(C#N)c(-c3ccc(Oc4cccc(F)c4)cc3)c3c(N)ncnc32)C1.CN(C/C=C/C(=O)N1CC[C@@H](n2c(C#N)c(-c3ccc(Oc4cccc(F)c4)cc3)c3c(N)ncnc32)C1)C1CC1.CN(C/C=C/C(=O)O)C1CC1.[2H]CF.[C-]#N.[Cu+]. The third-order valence-electron chi connectivity index (χ3n) is 22.0. The van der Waals surface area contributed by atoms with Gasteiger partial charge in [-0.15, -0.1) is 0 Å². The summed E-state index contributed by atoms with van der Waals surface area (Å²) in [5, 5.41) is 37.1. The molecule has 6 aromatic carbocycles. The molecule has 3 amide bonds. The van der Waals surface area contributed by atoms with Crippen LogP contribution in [0.25, 0.3) is 66.5 Å². The number of nitriles is 2. The third kappa shape index (κ3) is 26.5. The number of likely N-dealkylation sites (tertiary alicyclic amines) is 3. The molecule has 3 saturated heterocycles. The van der Waals surface area contributed by atoms with Gasteiger partial charge in [0.25, 0.3) is 0 Å². The zero-order valence-electron chi connectivity index (χ0n) is 74.7. The summed E-state index contributed by atoms with van der Waals surface area (Å²) in [4.78, 5) is 84.1. The Hall–Kier alpha value is -14.0. The molecular formula is C99H112BrCuF4N20O10. The van der Waals surface area contributed by atoms with Crippen LogP contribution in [0.2, 0.25) is 0 Å². The molecular weight excluding hydrogens is 1850 g/mol. The van der Waals surface area contributed by atoms with Crippen molar-refractivity contribution in [1.82, 2.24) is 68.1 Å². The van der Waals surface area contributed by atoms with E-state index in [0.717, 1.165) is 51.8 Å². The number of carboxylic acid groups (broad SMARTS) is 1. The molecule has 2 aliphatic carbocycles. The van der Waals surface area contributed by atoms with Gasteiger partial charge in [-0.25, -0.2) is 57.5 Å². The average molecular weight is 1960 g/mol. The van der Waals surface area contributed by atoms with E-state index in [9.17, 15) is 47.3 Å². The number of rotatable bonds is 20. The van der Waals surface area contributed by atoms with Gasteiger partial charge in [-0.05, 0) is 206 Å². The Morgan fingerprint density at radius 3 is 1.14 bits per heavy atom. The topological polar surface area (TPSA) is 392 Å². The number of likely N-dealkylation sites (N-methyl/N-ethyl adjacent to an activating group) is 2. The predicted octanol–water partition coefficient (Wildman–Crippen LogP) is 20.4. The quantitative estimate of drug-likeness (QED) is 0.0238. The molecule has 2 saturated carbocycles. The molecule has 135 heavy (non-hydrogen) atoms. The number of halogens is 5. The van der Waals surface area contributed by atoms with Crippen LogP contribution >= 0.6 is 15.9 Å². The number of anilines is 3. The number of aliphatic carboxylic acids is 1. The summed E-state index contributed by atoms with van der Waals surface area (Å²) in [5.41, 5.74) is 24.8. The number of amides is 3. The molecule has 0 bridgehead atoms. The summed E-state index contributed by atoms with van der Waals surface area (Å²) in [6.07, 6.45) is 17.0. The minimum atomic E-state index is -1.00. The second kappa shape index (κ2) is 47.6. The van der Waals surface area contributed by atoms with Crippen LogP contribution in [0.15, 0.2) is 193 Å². The van der Waals surface area contributed by atoms with E-state index in [1.54, 1.807) is 82.6 Å². The normalized spacial score (nSPS) is 15.5. The van der Waals surface area contributed by atoms with Gasteiger partial charge in [0.05, 0.1) is 47.4 Å². The van der Waals surface area contributed by atoms with Gasteiger partial charge in [0, 0.05) is 111 Å². The van der Waals surface area contributed by atoms with E-state index < -0.39 is 36.2 Å². The fraction of sp³-hybridized carbons (Fsp3) is 0.343. The van der Waals surface area contributed by atoms with Crippen LogP contribution in [0.1, 0.15) is 140 Å². The number of carbonyl (C=O) groups is 4. The standard InChI is InChI=1S/C31H30FN7O2.C28H27FN6O3.C27H27BrFN5O3.C8H13NO2.CH3F.CN.3CH4.Cu/c1-37(22-9-10-22)14-3-6-27(40)38-15-13-23(18-38)39-26(17-33)28(29-30(34)35-19-36-31(29)39)20-7-11-24(12-8-20)41-25-5-2-4-21(32)16-25;1-28(2,3)38-27(36)34-12-11-19(15-34)35-22(14-30)23(24-25(31)32-16-33-26(24)35)17-7-9-20(10-8-17)37-21-6-4-5-18(29)13-21;1-27(2,3)37-26(35)33-12-11-18(14-33)34-23(28)21(22-24(30)31-15-32-25(22)34)16-7-9-19(10-8-16)36-20-6-4-5-17(29)13-20;1-9(7-4-5-7)6-2-3-8(10)11;2*1-2;;;;/h2-8,11-12,16,19,22-23H,9-10,13-15,18H2,1H3,(H2,34,35,36);4-10,13,16,19H,11-12,15H2,1-3H3,(H2,31,32,33);4-10,13,15,18H,11-12,14H2,1-3H3,(H2,30,31,32);2-3,7H,4-6H2,1H3,(H,10,11);1H3;;3*1H4;/q;;;;;-1;;;;+1/b6-3+;;;3-2+;;;;;;/t23-;19-;18-;;;;;;;/m111......./s1/i;;;;1D;;;;;. The molecule has 12 aromatic rings. The van der Waals surface area contributed by atoms with Crippen molar-refractivity contribution in [2.24, 2.45) is 0 Å². The van der Waals surface area contributed by atoms with Gasteiger partial charge in [0.15, 0.2) is 0 Å². The van der Waals surface area contributed by atoms with Crippen molar-refractivity contribution >= 4 is 90.5 Å². The number of benzene rings is 6. The number of carboxylic acids is 1. The number of nitrogen functional groups attached to an aromatic ring is 3. The van der Waals surface area contributed by atoms with Crippen molar-refractivity contribution in [2.45, 2.75) is 150 Å². The smallest absolute Gasteiger partial charge is 0.512 e.